The Morgan fingerprint density at radius 3 is 2.45 bits per heavy atom. The molecule has 1 N–H and O–H groups in total. The summed E-state index contributed by atoms with van der Waals surface area (Å²) in [6.45, 7) is 2.26. The molecule has 1 aliphatic rings. The molecule has 1 aromatic rings. The number of benzene rings is 1. The highest BCUT2D eigenvalue weighted by molar-refractivity contribution is 5.82. The van der Waals surface area contributed by atoms with E-state index in [4.69, 9.17) is 0 Å². The molecule has 0 fully saturated rings. The maximum atomic E-state index is 12.1. The molecular weight excluding hydrogens is 256 g/mol. The first-order valence-corrected chi connectivity index (χ1v) is 6.68. The summed E-state index contributed by atoms with van der Waals surface area (Å²) in [5, 5.41) is 9.44. The molecule has 5 nitrogen and oxygen atoms in total. The second-order valence-electron chi connectivity index (χ2n) is 5.41. The predicted octanol–water partition coefficient (Wildman–Crippen LogP) is 0.975. The average molecular weight is 276 g/mol. The largest absolute Gasteiger partial charge is 0.480 e. The number of aliphatic carboxylic acids is 1. The Balaban J connectivity index is 2.31. The first kappa shape index (κ1) is 14.5. The number of hydrogen-bond acceptors (Lipinski definition) is 3. The van der Waals surface area contributed by atoms with Gasteiger partial charge in [-0.1, -0.05) is 24.3 Å². The van der Waals surface area contributed by atoms with E-state index in [-0.39, 0.29) is 5.91 Å². The smallest absolute Gasteiger partial charge is 0.321 e. The molecule has 0 radical (unpaired) electrons. The summed E-state index contributed by atoms with van der Waals surface area (Å²) in [7, 11) is 3.37. The number of fused-ring (bicyclic) bond motifs is 1. The molecule has 0 saturated heterocycles. The van der Waals surface area contributed by atoms with E-state index in [1.54, 1.807) is 25.9 Å². The highest BCUT2D eigenvalue weighted by Gasteiger charge is 2.36. The van der Waals surface area contributed by atoms with E-state index in [1.807, 2.05) is 24.3 Å². The van der Waals surface area contributed by atoms with Crippen molar-refractivity contribution in [1.82, 2.24) is 9.80 Å². The molecule has 0 bridgehead atoms. The molecule has 0 aliphatic carbocycles. The summed E-state index contributed by atoms with van der Waals surface area (Å²) in [6, 6.07) is 6.72. The zero-order valence-corrected chi connectivity index (χ0v) is 12.0. The molecule has 0 saturated carbocycles. The second-order valence-corrected chi connectivity index (χ2v) is 5.41. The number of carboxylic acids is 1. The lowest BCUT2D eigenvalue weighted by Gasteiger charge is -2.38. The van der Waals surface area contributed by atoms with Crippen molar-refractivity contribution in [2.75, 3.05) is 14.1 Å². The van der Waals surface area contributed by atoms with Gasteiger partial charge in [-0.15, -0.1) is 0 Å². The van der Waals surface area contributed by atoms with Crippen molar-refractivity contribution in [1.29, 1.82) is 0 Å². The third-order valence-electron chi connectivity index (χ3n) is 3.87. The molecule has 1 heterocycles. The Kier molecular flexibility index (Phi) is 4.09. The summed E-state index contributed by atoms with van der Waals surface area (Å²) >= 11 is 0. The van der Waals surface area contributed by atoms with Gasteiger partial charge in [-0.2, -0.15) is 0 Å². The van der Waals surface area contributed by atoms with Gasteiger partial charge in [-0.3, -0.25) is 14.5 Å². The van der Waals surface area contributed by atoms with Gasteiger partial charge in [0.1, 0.15) is 6.04 Å². The highest BCUT2D eigenvalue weighted by atomic mass is 16.4. The quantitative estimate of drug-likeness (QED) is 0.894. The first-order chi connectivity index (χ1) is 9.41. The van der Waals surface area contributed by atoms with Crippen LogP contribution in [0.3, 0.4) is 0 Å². The first-order valence-electron chi connectivity index (χ1n) is 6.68. The number of hydrogen-bond donors (Lipinski definition) is 1. The minimum Gasteiger partial charge on any atom is -0.480 e. The van der Waals surface area contributed by atoms with Crippen LogP contribution in [0.5, 0.6) is 0 Å². The third-order valence-corrected chi connectivity index (χ3v) is 3.87. The fourth-order valence-electron chi connectivity index (χ4n) is 2.69. The van der Waals surface area contributed by atoms with E-state index in [1.165, 1.54) is 4.90 Å². The fourth-order valence-corrected chi connectivity index (χ4v) is 2.69. The summed E-state index contributed by atoms with van der Waals surface area (Å²) in [5.41, 5.74) is 2.16. The molecule has 5 heteroatoms. The summed E-state index contributed by atoms with van der Waals surface area (Å²) in [4.78, 5) is 26.9. The Bertz CT molecular complexity index is 528. The lowest BCUT2D eigenvalue weighted by molar-refractivity contribution is -0.147. The van der Waals surface area contributed by atoms with Gasteiger partial charge in [0.05, 0.1) is 6.04 Å². The van der Waals surface area contributed by atoms with Crippen LogP contribution < -0.4 is 0 Å². The van der Waals surface area contributed by atoms with E-state index in [0.717, 1.165) is 11.1 Å². The Hall–Kier alpha value is -1.88. The molecule has 20 heavy (non-hydrogen) atoms. The normalized spacial score (nSPS) is 20.1. The lowest BCUT2D eigenvalue weighted by atomic mass is 9.92. The molecule has 1 aromatic carbocycles. The van der Waals surface area contributed by atoms with E-state index in [2.05, 4.69) is 0 Å². The number of nitrogens with zero attached hydrogens (tertiary/aromatic N) is 2. The molecule has 1 aliphatic heterocycles. The zero-order chi connectivity index (χ0) is 14.9. The highest BCUT2D eigenvalue weighted by Crippen LogP contribution is 2.25. The summed E-state index contributed by atoms with van der Waals surface area (Å²) < 4.78 is 0. The van der Waals surface area contributed by atoms with Gasteiger partial charge in [0, 0.05) is 20.6 Å². The Morgan fingerprint density at radius 1 is 1.30 bits per heavy atom. The van der Waals surface area contributed by atoms with Gasteiger partial charge >= 0.3 is 5.97 Å². The number of carboxylic acid groups (broad SMARTS) is 1. The van der Waals surface area contributed by atoms with E-state index in [9.17, 15) is 14.7 Å². The fraction of sp³-hybridized carbons (Fsp3) is 0.467. The SMILES string of the molecule is CC(C(=O)N(C)C)N1Cc2ccccc2C[C@H]1C(=O)O. The molecule has 2 rings (SSSR count). The molecule has 108 valence electrons. The van der Waals surface area contributed by atoms with Gasteiger partial charge in [-0.25, -0.2) is 0 Å². The van der Waals surface area contributed by atoms with Crippen molar-refractivity contribution >= 4 is 11.9 Å². The molecule has 0 aromatic heterocycles. The number of carbonyl (C=O) groups is 2. The number of amides is 1. The molecular formula is C15H20N2O3. The van der Waals surface area contributed by atoms with Crippen molar-refractivity contribution in [2.45, 2.75) is 32.0 Å². The van der Waals surface area contributed by atoms with Crippen molar-refractivity contribution in [2.24, 2.45) is 0 Å². The maximum Gasteiger partial charge on any atom is 0.321 e. The number of carbonyl (C=O) groups excluding carboxylic acids is 1. The molecule has 1 amide bonds. The van der Waals surface area contributed by atoms with Crippen LogP contribution in [0.1, 0.15) is 18.1 Å². The maximum absolute atomic E-state index is 12.1. The standard InChI is InChI=1S/C15H20N2O3/c1-10(14(18)16(2)3)17-9-12-7-5-4-6-11(12)8-13(17)15(19)20/h4-7,10,13H,8-9H2,1-3H3,(H,19,20)/t10?,13-/m0/s1. The molecule has 0 spiro atoms. The predicted molar refractivity (Wildman–Crippen MR) is 75.3 cm³/mol. The van der Waals surface area contributed by atoms with Crippen LogP contribution in [0.4, 0.5) is 0 Å². The number of rotatable bonds is 3. The van der Waals surface area contributed by atoms with E-state index >= 15 is 0 Å². The van der Waals surface area contributed by atoms with Gasteiger partial charge in [0.25, 0.3) is 0 Å². The van der Waals surface area contributed by atoms with Crippen LogP contribution in [0, 0.1) is 0 Å². The van der Waals surface area contributed by atoms with Gasteiger partial charge < -0.3 is 10.0 Å². The van der Waals surface area contributed by atoms with Crippen LogP contribution in [0.2, 0.25) is 0 Å². The zero-order valence-electron chi connectivity index (χ0n) is 12.0. The van der Waals surface area contributed by atoms with E-state index in [0.29, 0.717) is 13.0 Å². The molecule has 1 unspecified atom stereocenters. The lowest BCUT2D eigenvalue weighted by Crippen LogP contribution is -2.54. The topological polar surface area (TPSA) is 60.9 Å². The number of likely N-dealkylation sites (N-methyl/N-ethyl adjacent to an activating group) is 1. The molecule has 2 atom stereocenters. The summed E-state index contributed by atoms with van der Waals surface area (Å²) in [5.74, 6) is -0.950. The Labute approximate surface area is 118 Å². The van der Waals surface area contributed by atoms with Crippen LogP contribution in [0.15, 0.2) is 24.3 Å². The minimum absolute atomic E-state index is 0.0735. The van der Waals surface area contributed by atoms with Crippen LogP contribution in [-0.4, -0.2) is 53.0 Å². The van der Waals surface area contributed by atoms with Gasteiger partial charge in [-0.05, 0) is 24.5 Å². The summed E-state index contributed by atoms with van der Waals surface area (Å²) in [6.07, 6.45) is 0.441. The van der Waals surface area contributed by atoms with Crippen LogP contribution in [-0.2, 0) is 22.6 Å². The van der Waals surface area contributed by atoms with Gasteiger partial charge in [0.15, 0.2) is 0 Å². The van der Waals surface area contributed by atoms with E-state index < -0.39 is 18.1 Å². The van der Waals surface area contributed by atoms with Crippen molar-refractivity contribution in [3.8, 4) is 0 Å². The van der Waals surface area contributed by atoms with Crippen molar-refractivity contribution in [3.63, 3.8) is 0 Å². The van der Waals surface area contributed by atoms with Gasteiger partial charge in [0.2, 0.25) is 5.91 Å². The average Bonchev–Trinajstić information content (AvgIpc) is 2.44. The Morgan fingerprint density at radius 2 is 1.90 bits per heavy atom. The second kappa shape index (κ2) is 5.63. The third kappa shape index (κ3) is 2.67. The van der Waals surface area contributed by atoms with Crippen LogP contribution in [0.25, 0.3) is 0 Å². The minimum atomic E-state index is -0.877. The van der Waals surface area contributed by atoms with Crippen molar-refractivity contribution < 1.29 is 14.7 Å². The monoisotopic (exact) mass is 276 g/mol. The van der Waals surface area contributed by atoms with Crippen LogP contribution >= 0.6 is 0 Å². The van der Waals surface area contributed by atoms with Crippen molar-refractivity contribution in [3.05, 3.63) is 35.4 Å².